The van der Waals surface area contributed by atoms with E-state index in [0.29, 0.717) is 17.4 Å². The first-order chi connectivity index (χ1) is 9.60. The molecular weight excluding hydrogens is 338 g/mol. The minimum Gasteiger partial charge on any atom is -0.487 e. The van der Waals surface area contributed by atoms with E-state index in [1.807, 2.05) is 49.5 Å². The molecule has 20 heavy (non-hydrogen) atoms. The molecule has 2 nitrogen and oxygen atoms in total. The highest BCUT2D eigenvalue weighted by Gasteiger charge is 2.07. The molecule has 0 aliphatic rings. The molecule has 0 fully saturated rings. The maximum absolute atomic E-state index is 6.26. The first-order valence-electron chi connectivity index (χ1n) is 6.44. The summed E-state index contributed by atoms with van der Waals surface area (Å²) in [6, 6.07) is 14.2. The van der Waals surface area contributed by atoms with Gasteiger partial charge in [-0.15, -0.1) is 0 Å². The van der Waals surface area contributed by atoms with Crippen LogP contribution in [0.5, 0.6) is 5.75 Å². The molecule has 0 saturated carbocycles. The largest absolute Gasteiger partial charge is 0.487 e. The second-order valence-electron chi connectivity index (χ2n) is 4.62. The molecule has 0 amide bonds. The maximum atomic E-state index is 6.26. The van der Waals surface area contributed by atoms with Crippen LogP contribution in [0.1, 0.15) is 24.1 Å². The average molecular weight is 355 g/mol. The van der Waals surface area contributed by atoms with E-state index in [1.165, 1.54) is 0 Å². The number of benzene rings is 2. The second-order valence-corrected chi connectivity index (χ2v) is 5.94. The molecule has 0 aliphatic heterocycles. The zero-order valence-corrected chi connectivity index (χ0v) is 13.8. The third-order valence-corrected chi connectivity index (χ3v) is 4.02. The maximum Gasteiger partial charge on any atom is 0.138 e. The van der Waals surface area contributed by atoms with Crippen LogP contribution in [0.4, 0.5) is 0 Å². The van der Waals surface area contributed by atoms with Crippen molar-refractivity contribution in [2.45, 2.75) is 19.6 Å². The molecule has 2 aromatic carbocycles. The van der Waals surface area contributed by atoms with E-state index >= 15 is 0 Å². The Hall–Kier alpha value is -1.03. The standard InChI is InChI=1S/C16H17BrClNO/c1-11(19-2)13-5-8-16(15(18)9-13)20-10-12-3-6-14(17)7-4-12/h3-9,11,19H,10H2,1-2H3. The molecular formula is C16H17BrClNO. The van der Waals surface area contributed by atoms with Gasteiger partial charge in [0.1, 0.15) is 12.4 Å². The van der Waals surface area contributed by atoms with Gasteiger partial charge >= 0.3 is 0 Å². The zero-order valence-electron chi connectivity index (χ0n) is 11.5. The third kappa shape index (κ3) is 3.98. The van der Waals surface area contributed by atoms with Crippen LogP contribution in [0, 0.1) is 0 Å². The average Bonchev–Trinajstić information content (AvgIpc) is 2.46. The first kappa shape index (κ1) is 15.4. The normalized spacial score (nSPS) is 12.2. The summed E-state index contributed by atoms with van der Waals surface area (Å²) < 4.78 is 6.82. The number of halogens is 2. The number of hydrogen-bond acceptors (Lipinski definition) is 2. The molecule has 1 N–H and O–H groups in total. The number of nitrogens with one attached hydrogen (secondary N) is 1. The topological polar surface area (TPSA) is 21.3 Å². The summed E-state index contributed by atoms with van der Waals surface area (Å²) in [7, 11) is 1.93. The lowest BCUT2D eigenvalue weighted by Crippen LogP contribution is -2.12. The Labute approximate surface area is 133 Å². The summed E-state index contributed by atoms with van der Waals surface area (Å²) in [6.07, 6.45) is 0. The van der Waals surface area contributed by atoms with Gasteiger partial charge in [-0.1, -0.05) is 45.7 Å². The summed E-state index contributed by atoms with van der Waals surface area (Å²) in [5.74, 6) is 0.710. The van der Waals surface area contributed by atoms with Gasteiger partial charge in [0, 0.05) is 10.5 Å². The van der Waals surface area contributed by atoms with Gasteiger partial charge in [0.25, 0.3) is 0 Å². The first-order valence-corrected chi connectivity index (χ1v) is 7.61. The quantitative estimate of drug-likeness (QED) is 0.819. The highest BCUT2D eigenvalue weighted by atomic mass is 79.9. The molecule has 0 bridgehead atoms. The fourth-order valence-electron chi connectivity index (χ4n) is 1.81. The van der Waals surface area contributed by atoms with Gasteiger partial charge in [-0.05, 0) is 49.4 Å². The molecule has 0 heterocycles. The summed E-state index contributed by atoms with van der Waals surface area (Å²) >= 11 is 9.68. The van der Waals surface area contributed by atoms with Gasteiger partial charge in [-0.3, -0.25) is 0 Å². The minimum atomic E-state index is 0.271. The van der Waals surface area contributed by atoms with E-state index in [9.17, 15) is 0 Å². The van der Waals surface area contributed by atoms with E-state index in [4.69, 9.17) is 16.3 Å². The third-order valence-electron chi connectivity index (χ3n) is 3.20. The Bertz CT molecular complexity index is 571. The van der Waals surface area contributed by atoms with Crippen LogP contribution in [0.3, 0.4) is 0 Å². The van der Waals surface area contributed by atoms with Crippen LogP contribution in [0.25, 0.3) is 0 Å². The Balaban J connectivity index is 2.04. The van der Waals surface area contributed by atoms with Crippen molar-refractivity contribution in [3.05, 3.63) is 63.1 Å². The number of rotatable bonds is 5. The second kappa shape index (κ2) is 7.11. The molecule has 0 aromatic heterocycles. The van der Waals surface area contributed by atoms with Crippen molar-refractivity contribution >= 4 is 27.5 Å². The molecule has 1 atom stereocenters. The van der Waals surface area contributed by atoms with Crippen molar-refractivity contribution in [2.24, 2.45) is 0 Å². The smallest absolute Gasteiger partial charge is 0.138 e. The molecule has 0 saturated heterocycles. The summed E-state index contributed by atoms with van der Waals surface area (Å²) in [5.41, 5.74) is 2.26. The lowest BCUT2D eigenvalue weighted by molar-refractivity contribution is 0.306. The number of ether oxygens (including phenoxy) is 1. The molecule has 0 spiro atoms. The van der Waals surface area contributed by atoms with Crippen LogP contribution in [0.2, 0.25) is 5.02 Å². The van der Waals surface area contributed by atoms with Crippen LogP contribution < -0.4 is 10.1 Å². The van der Waals surface area contributed by atoms with Crippen molar-refractivity contribution < 1.29 is 4.74 Å². The van der Waals surface area contributed by atoms with Gasteiger partial charge in [0.05, 0.1) is 5.02 Å². The van der Waals surface area contributed by atoms with Crippen molar-refractivity contribution in [2.75, 3.05) is 7.05 Å². The van der Waals surface area contributed by atoms with E-state index in [-0.39, 0.29) is 6.04 Å². The zero-order chi connectivity index (χ0) is 14.5. The summed E-state index contributed by atoms with van der Waals surface area (Å²) in [4.78, 5) is 0. The van der Waals surface area contributed by atoms with E-state index in [1.54, 1.807) is 0 Å². The van der Waals surface area contributed by atoms with Gasteiger partial charge in [-0.2, -0.15) is 0 Å². The minimum absolute atomic E-state index is 0.271. The molecule has 1 unspecified atom stereocenters. The van der Waals surface area contributed by atoms with Crippen LogP contribution >= 0.6 is 27.5 Å². The Kier molecular flexibility index (Phi) is 5.46. The van der Waals surface area contributed by atoms with Crippen molar-refractivity contribution in [1.29, 1.82) is 0 Å². The highest BCUT2D eigenvalue weighted by molar-refractivity contribution is 9.10. The Morgan fingerprint density at radius 2 is 1.90 bits per heavy atom. The lowest BCUT2D eigenvalue weighted by Gasteiger charge is -2.13. The number of hydrogen-bond donors (Lipinski definition) is 1. The monoisotopic (exact) mass is 353 g/mol. The SMILES string of the molecule is CNC(C)c1ccc(OCc2ccc(Br)cc2)c(Cl)c1. The van der Waals surface area contributed by atoms with Crippen molar-refractivity contribution in [3.8, 4) is 5.75 Å². The lowest BCUT2D eigenvalue weighted by atomic mass is 10.1. The fraction of sp³-hybridized carbons (Fsp3) is 0.250. The molecule has 2 aromatic rings. The molecule has 4 heteroatoms. The predicted octanol–water partition coefficient (Wildman–Crippen LogP) is 4.96. The van der Waals surface area contributed by atoms with Gasteiger partial charge < -0.3 is 10.1 Å². The fourth-order valence-corrected chi connectivity index (χ4v) is 2.32. The van der Waals surface area contributed by atoms with E-state index in [0.717, 1.165) is 15.6 Å². The van der Waals surface area contributed by atoms with Crippen LogP contribution in [0.15, 0.2) is 46.9 Å². The molecule has 0 aliphatic carbocycles. The summed E-state index contributed by atoms with van der Waals surface area (Å²) in [5, 5.41) is 3.83. The van der Waals surface area contributed by atoms with Crippen molar-refractivity contribution in [3.63, 3.8) is 0 Å². The van der Waals surface area contributed by atoms with E-state index in [2.05, 4.69) is 28.2 Å². The predicted molar refractivity (Wildman–Crippen MR) is 87.4 cm³/mol. The van der Waals surface area contributed by atoms with Gasteiger partial charge in [-0.25, -0.2) is 0 Å². The molecule has 106 valence electrons. The Morgan fingerprint density at radius 1 is 1.20 bits per heavy atom. The Morgan fingerprint density at radius 3 is 2.50 bits per heavy atom. The van der Waals surface area contributed by atoms with Crippen LogP contribution in [-0.4, -0.2) is 7.05 Å². The molecule has 2 rings (SSSR count). The van der Waals surface area contributed by atoms with Crippen molar-refractivity contribution in [1.82, 2.24) is 5.32 Å². The molecule has 0 radical (unpaired) electrons. The van der Waals surface area contributed by atoms with Crippen LogP contribution in [-0.2, 0) is 6.61 Å². The van der Waals surface area contributed by atoms with Gasteiger partial charge in [0.2, 0.25) is 0 Å². The van der Waals surface area contributed by atoms with Gasteiger partial charge in [0.15, 0.2) is 0 Å². The highest BCUT2D eigenvalue weighted by Crippen LogP contribution is 2.28. The summed E-state index contributed by atoms with van der Waals surface area (Å²) in [6.45, 7) is 2.60. The van der Waals surface area contributed by atoms with E-state index < -0.39 is 0 Å².